The van der Waals surface area contributed by atoms with Crippen LogP contribution in [-0.2, 0) is 17.6 Å². The van der Waals surface area contributed by atoms with Crippen molar-refractivity contribution >= 4 is 11.7 Å². The molecule has 1 amide bonds. The largest absolute Gasteiger partial charge is 0.310 e. The molecule has 0 spiro atoms. The van der Waals surface area contributed by atoms with Gasteiger partial charge in [-0.2, -0.15) is 9.78 Å². The fourth-order valence-corrected chi connectivity index (χ4v) is 3.30. The van der Waals surface area contributed by atoms with Gasteiger partial charge in [-0.1, -0.05) is 38.1 Å². The second-order valence-electron chi connectivity index (χ2n) is 6.93. The summed E-state index contributed by atoms with van der Waals surface area (Å²) in [6, 6.07) is 11.9. The number of hydrogen-bond acceptors (Lipinski definition) is 4. The van der Waals surface area contributed by atoms with E-state index in [1.165, 1.54) is 11.1 Å². The maximum absolute atomic E-state index is 12.9. The van der Waals surface area contributed by atoms with Crippen molar-refractivity contribution in [1.29, 1.82) is 0 Å². The molecule has 1 aromatic carbocycles. The van der Waals surface area contributed by atoms with Crippen molar-refractivity contribution in [2.75, 3.05) is 5.32 Å². The summed E-state index contributed by atoms with van der Waals surface area (Å²) < 4.78 is 1.61. The molecule has 6 nitrogen and oxygen atoms in total. The number of amides is 1. The molecule has 6 heteroatoms. The highest BCUT2D eigenvalue weighted by Crippen LogP contribution is 2.28. The molecule has 0 bridgehead atoms. The molecule has 3 aromatic rings. The summed E-state index contributed by atoms with van der Waals surface area (Å²) in [4.78, 5) is 21.4. The minimum Gasteiger partial charge on any atom is -0.310 e. The average molecular weight is 347 g/mol. The Bertz CT molecular complexity index is 907. The van der Waals surface area contributed by atoms with Crippen LogP contribution in [0.25, 0.3) is 5.95 Å². The topological polar surface area (TPSA) is 72.7 Å². The second-order valence-corrected chi connectivity index (χ2v) is 6.93. The monoisotopic (exact) mass is 347 g/mol. The van der Waals surface area contributed by atoms with Crippen LogP contribution in [-0.4, -0.2) is 25.7 Å². The molecule has 1 aliphatic rings. The van der Waals surface area contributed by atoms with Crippen molar-refractivity contribution in [1.82, 2.24) is 19.7 Å². The van der Waals surface area contributed by atoms with Crippen molar-refractivity contribution < 1.29 is 4.79 Å². The van der Waals surface area contributed by atoms with Crippen LogP contribution in [0, 0.1) is 5.92 Å². The number of aromatic nitrogens is 4. The first-order valence-electron chi connectivity index (χ1n) is 8.87. The molecule has 2 heterocycles. The van der Waals surface area contributed by atoms with Gasteiger partial charge in [0.05, 0.1) is 5.69 Å². The Labute approximate surface area is 152 Å². The molecule has 132 valence electrons. The van der Waals surface area contributed by atoms with Crippen LogP contribution in [0.3, 0.4) is 0 Å². The van der Waals surface area contributed by atoms with Crippen molar-refractivity contribution in [3.8, 4) is 5.95 Å². The molecule has 1 N–H and O–H groups in total. The number of hydrogen-bond donors (Lipinski definition) is 1. The van der Waals surface area contributed by atoms with Gasteiger partial charge in [0.15, 0.2) is 0 Å². The number of nitrogens with zero attached hydrogens (tertiary/aromatic N) is 4. The zero-order valence-electron chi connectivity index (χ0n) is 14.9. The number of fused-ring (bicyclic) bond motifs is 1. The lowest BCUT2D eigenvalue weighted by molar-refractivity contribution is -0.119. The van der Waals surface area contributed by atoms with E-state index in [2.05, 4.69) is 46.4 Å². The summed E-state index contributed by atoms with van der Waals surface area (Å²) >= 11 is 0. The number of anilines is 1. The standard InChI is InChI=1S/C20H21N5O/c1-13(2)17-12-18(25(24-17)20-21-8-5-9-22-20)23-19(26)16-10-14-6-3-4-7-15(14)11-16/h3-9,12-13,16H,10-11H2,1-2H3,(H,23,26). The van der Waals surface area contributed by atoms with E-state index in [-0.39, 0.29) is 17.7 Å². The van der Waals surface area contributed by atoms with Gasteiger partial charge in [0.1, 0.15) is 5.82 Å². The van der Waals surface area contributed by atoms with E-state index in [1.807, 2.05) is 18.2 Å². The second kappa shape index (κ2) is 6.71. The Morgan fingerprint density at radius 1 is 1.12 bits per heavy atom. The van der Waals surface area contributed by atoms with Gasteiger partial charge >= 0.3 is 0 Å². The number of carbonyl (C=O) groups is 1. The van der Waals surface area contributed by atoms with E-state index in [4.69, 9.17) is 0 Å². The fraction of sp³-hybridized carbons (Fsp3) is 0.300. The minimum absolute atomic E-state index is 0.00795. The van der Waals surface area contributed by atoms with Gasteiger partial charge in [-0.15, -0.1) is 0 Å². The molecule has 1 aliphatic carbocycles. The molecule has 0 fully saturated rings. The summed E-state index contributed by atoms with van der Waals surface area (Å²) in [5, 5.41) is 7.62. The van der Waals surface area contributed by atoms with E-state index in [0.29, 0.717) is 11.8 Å². The number of rotatable bonds is 4. The SMILES string of the molecule is CC(C)c1cc(NC(=O)C2Cc3ccccc3C2)n(-c2ncccn2)n1. The number of nitrogens with one attached hydrogen (secondary N) is 1. The third-order valence-corrected chi connectivity index (χ3v) is 4.73. The van der Waals surface area contributed by atoms with Crippen LogP contribution >= 0.6 is 0 Å². The molecular formula is C20H21N5O. The molecule has 0 radical (unpaired) electrons. The first kappa shape index (κ1) is 16.4. The van der Waals surface area contributed by atoms with Crippen LogP contribution in [0.15, 0.2) is 48.8 Å². The highest BCUT2D eigenvalue weighted by Gasteiger charge is 2.28. The molecule has 0 saturated heterocycles. The summed E-state index contributed by atoms with van der Waals surface area (Å²) in [6.45, 7) is 4.13. The minimum atomic E-state index is -0.0602. The molecule has 26 heavy (non-hydrogen) atoms. The van der Waals surface area contributed by atoms with Gasteiger partial charge in [0.25, 0.3) is 5.95 Å². The van der Waals surface area contributed by atoms with Gasteiger partial charge in [-0.05, 0) is 36.0 Å². The van der Waals surface area contributed by atoms with Gasteiger partial charge in [0.2, 0.25) is 5.91 Å². The van der Waals surface area contributed by atoms with Crippen LogP contribution in [0.1, 0.15) is 36.6 Å². The predicted molar refractivity (Wildman–Crippen MR) is 99.2 cm³/mol. The van der Waals surface area contributed by atoms with Crippen molar-refractivity contribution in [3.63, 3.8) is 0 Å². The van der Waals surface area contributed by atoms with E-state index in [1.54, 1.807) is 23.1 Å². The molecule has 2 aromatic heterocycles. The zero-order chi connectivity index (χ0) is 18.1. The summed E-state index contributed by atoms with van der Waals surface area (Å²) in [5.74, 6) is 1.25. The molecule has 0 unspecified atom stereocenters. The highest BCUT2D eigenvalue weighted by molar-refractivity contribution is 5.93. The summed E-state index contributed by atoms with van der Waals surface area (Å²) in [7, 11) is 0. The van der Waals surface area contributed by atoms with Gasteiger partial charge in [-0.25, -0.2) is 9.97 Å². The zero-order valence-corrected chi connectivity index (χ0v) is 14.9. The maximum Gasteiger partial charge on any atom is 0.252 e. The first-order valence-corrected chi connectivity index (χ1v) is 8.87. The smallest absolute Gasteiger partial charge is 0.252 e. The Morgan fingerprint density at radius 3 is 2.38 bits per heavy atom. The molecule has 4 rings (SSSR count). The molecular weight excluding hydrogens is 326 g/mol. The first-order chi connectivity index (χ1) is 12.6. The Kier molecular flexibility index (Phi) is 4.24. The van der Waals surface area contributed by atoms with E-state index in [9.17, 15) is 4.79 Å². The lowest BCUT2D eigenvalue weighted by Gasteiger charge is -2.11. The third-order valence-electron chi connectivity index (χ3n) is 4.73. The van der Waals surface area contributed by atoms with Gasteiger partial charge < -0.3 is 5.32 Å². The molecule has 0 saturated carbocycles. The lowest BCUT2D eigenvalue weighted by Crippen LogP contribution is -2.24. The average Bonchev–Trinajstić information content (AvgIpc) is 3.26. The predicted octanol–water partition coefficient (Wildman–Crippen LogP) is 3.14. The maximum atomic E-state index is 12.9. The highest BCUT2D eigenvalue weighted by atomic mass is 16.2. The normalized spacial score (nSPS) is 13.8. The summed E-state index contributed by atoms with van der Waals surface area (Å²) in [6.07, 6.45) is 4.88. The van der Waals surface area contributed by atoms with Crippen LogP contribution < -0.4 is 5.32 Å². The van der Waals surface area contributed by atoms with Crippen molar-refractivity contribution in [3.05, 3.63) is 65.6 Å². The fourth-order valence-electron chi connectivity index (χ4n) is 3.30. The van der Waals surface area contributed by atoms with Crippen LogP contribution in [0.4, 0.5) is 5.82 Å². The van der Waals surface area contributed by atoms with Gasteiger partial charge in [0, 0.05) is 24.4 Å². The molecule has 0 aliphatic heterocycles. The van der Waals surface area contributed by atoms with Crippen LogP contribution in [0.5, 0.6) is 0 Å². The Morgan fingerprint density at radius 2 is 1.77 bits per heavy atom. The number of carbonyl (C=O) groups excluding carboxylic acids is 1. The Balaban J connectivity index is 1.59. The third kappa shape index (κ3) is 3.10. The van der Waals surface area contributed by atoms with E-state index in [0.717, 1.165) is 18.5 Å². The van der Waals surface area contributed by atoms with Crippen molar-refractivity contribution in [2.24, 2.45) is 5.92 Å². The van der Waals surface area contributed by atoms with E-state index >= 15 is 0 Å². The lowest BCUT2D eigenvalue weighted by atomic mass is 10.1. The quantitative estimate of drug-likeness (QED) is 0.787. The van der Waals surface area contributed by atoms with E-state index < -0.39 is 0 Å². The van der Waals surface area contributed by atoms with Gasteiger partial charge in [-0.3, -0.25) is 4.79 Å². The van der Waals surface area contributed by atoms with Crippen molar-refractivity contribution in [2.45, 2.75) is 32.6 Å². The van der Waals surface area contributed by atoms with Crippen LogP contribution in [0.2, 0.25) is 0 Å². The Hall–Kier alpha value is -3.02. The number of benzene rings is 1. The summed E-state index contributed by atoms with van der Waals surface area (Å²) in [5.41, 5.74) is 3.41. The molecule has 0 atom stereocenters.